The molecule has 0 aromatic heterocycles. The molecule has 1 amide bonds. The second-order valence-electron chi connectivity index (χ2n) is 7.07. The van der Waals surface area contributed by atoms with E-state index in [1.54, 1.807) is 6.07 Å². The van der Waals surface area contributed by atoms with Crippen LogP contribution < -0.4 is 19.5 Å². The van der Waals surface area contributed by atoms with Crippen molar-refractivity contribution in [2.75, 3.05) is 46.5 Å². The number of likely N-dealkylation sites (tertiary alicyclic amines) is 1. The van der Waals surface area contributed by atoms with Gasteiger partial charge in [-0.25, -0.2) is 0 Å². The summed E-state index contributed by atoms with van der Waals surface area (Å²) in [5, 5.41) is 3.19. The first kappa shape index (κ1) is 23.8. The highest BCUT2D eigenvalue weighted by Gasteiger charge is 2.27. The molecule has 0 saturated carbocycles. The molecule has 1 unspecified atom stereocenters. The first-order valence-electron chi connectivity index (χ1n) is 10.2. The number of carbonyl (C=O) groups is 1. The van der Waals surface area contributed by atoms with Gasteiger partial charge in [0.2, 0.25) is 0 Å². The molecule has 1 fully saturated rings. The average Bonchev–Trinajstić information content (AvgIpc) is 3.21. The third kappa shape index (κ3) is 6.54. The monoisotopic (exact) mass is 434 g/mol. The van der Waals surface area contributed by atoms with Crippen molar-refractivity contribution in [3.8, 4) is 17.2 Å². The molecule has 164 valence electrons. The lowest BCUT2D eigenvalue weighted by Gasteiger charge is -2.18. The van der Waals surface area contributed by atoms with Crippen molar-refractivity contribution in [2.24, 2.45) is 5.92 Å². The Kier molecular flexibility index (Phi) is 9.77. The average molecular weight is 435 g/mol. The molecule has 0 radical (unpaired) electrons. The molecule has 1 aliphatic heterocycles. The van der Waals surface area contributed by atoms with Gasteiger partial charge in [-0.1, -0.05) is 18.2 Å². The van der Waals surface area contributed by atoms with Crippen LogP contribution in [0.5, 0.6) is 17.2 Å². The summed E-state index contributed by atoms with van der Waals surface area (Å²) in [5.41, 5.74) is 0.631. The number of halogens is 1. The third-order valence-corrected chi connectivity index (χ3v) is 4.91. The Morgan fingerprint density at radius 2 is 1.83 bits per heavy atom. The maximum Gasteiger partial charge on any atom is 0.254 e. The fourth-order valence-electron chi connectivity index (χ4n) is 3.51. The zero-order valence-electron chi connectivity index (χ0n) is 17.6. The zero-order valence-corrected chi connectivity index (χ0v) is 18.5. The van der Waals surface area contributed by atoms with Crippen LogP contribution in [0.15, 0.2) is 48.5 Å². The second-order valence-corrected chi connectivity index (χ2v) is 7.07. The van der Waals surface area contributed by atoms with Crippen LogP contribution in [0.2, 0.25) is 0 Å². The van der Waals surface area contributed by atoms with Gasteiger partial charge < -0.3 is 24.4 Å². The number of carbonyl (C=O) groups excluding carboxylic acids is 1. The van der Waals surface area contributed by atoms with E-state index in [0.29, 0.717) is 42.8 Å². The van der Waals surface area contributed by atoms with Crippen molar-refractivity contribution >= 4 is 18.3 Å². The molecule has 0 spiro atoms. The molecule has 0 bridgehead atoms. The summed E-state index contributed by atoms with van der Waals surface area (Å²) in [6, 6.07) is 15.0. The van der Waals surface area contributed by atoms with E-state index in [0.717, 1.165) is 31.8 Å². The number of para-hydroxylation sites is 1. The number of amides is 1. The second kappa shape index (κ2) is 12.3. The number of ether oxygens (including phenoxy) is 3. The minimum absolute atomic E-state index is 0. The Morgan fingerprint density at radius 3 is 2.57 bits per heavy atom. The minimum Gasteiger partial charge on any atom is -0.490 e. The van der Waals surface area contributed by atoms with Crippen molar-refractivity contribution in [1.82, 2.24) is 10.2 Å². The topological polar surface area (TPSA) is 60.0 Å². The zero-order chi connectivity index (χ0) is 20.5. The molecule has 3 rings (SSSR count). The van der Waals surface area contributed by atoms with Crippen LogP contribution in [0.1, 0.15) is 23.7 Å². The first-order chi connectivity index (χ1) is 14.2. The predicted molar refractivity (Wildman–Crippen MR) is 120 cm³/mol. The summed E-state index contributed by atoms with van der Waals surface area (Å²) < 4.78 is 17.2. The first-order valence-corrected chi connectivity index (χ1v) is 10.2. The molecule has 30 heavy (non-hydrogen) atoms. The number of nitrogens with zero attached hydrogens (tertiary/aromatic N) is 1. The maximum absolute atomic E-state index is 12.9. The molecule has 2 aromatic rings. The number of nitrogens with one attached hydrogen (secondary N) is 1. The van der Waals surface area contributed by atoms with E-state index < -0.39 is 0 Å². The van der Waals surface area contributed by atoms with Crippen LogP contribution in [-0.4, -0.2) is 57.3 Å². The van der Waals surface area contributed by atoms with E-state index >= 15 is 0 Å². The number of hydrogen-bond donors (Lipinski definition) is 1. The van der Waals surface area contributed by atoms with Gasteiger partial charge in [0, 0.05) is 18.7 Å². The fraction of sp³-hybridized carbons (Fsp3) is 0.435. The highest BCUT2D eigenvalue weighted by Crippen LogP contribution is 2.30. The Bertz CT molecular complexity index is 788. The smallest absolute Gasteiger partial charge is 0.254 e. The van der Waals surface area contributed by atoms with Crippen molar-refractivity contribution < 1.29 is 19.0 Å². The van der Waals surface area contributed by atoms with Crippen LogP contribution in [0.25, 0.3) is 0 Å². The number of hydrogen-bond acceptors (Lipinski definition) is 5. The van der Waals surface area contributed by atoms with E-state index in [-0.39, 0.29) is 18.3 Å². The lowest BCUT2D eigenvalue weighted by Crippen LogP contribution is -2.30. The van der Waals surface area contributed by atoms with Crippen molar-refractivity contribution in [2.45, 2.75) is 13.3 Å². The Morgan fingerprint density at radius 1 is 1.07 bits per heavy atom. The maximum atomic E-state index is 12.9. The number of rotatable bonds is 10. The summed E-state index contributed by atoms with van der Waals surface area (Å²) in [5.74, 6) is 2.58. The Balaban J connectivity index is 0.00000320. The van der Waals surface area contributed by atoms with Crippen LogP contribution in [0.4, 0.5) is 0 Å². The molecule has 1 aliphatic rings. The van der Waals surface area contributed by atoms with Crippen molar-refractivity contribution in [3.05, 3.63) is 54.1 Å². The fourth-order valence-corrected chi connectivity index (χ4v) is 3.51. The standard InChI is InChI=1S/C23H30N2O4.ClH/c1-3-27-22-15-19(23(26)25-12-11-18(17-25)16-24-2)9-10-21(22)29-14-13-28-20-7-5-4-6-8-20;/h4-10,15,18,24H,3,11-14,16-17H2,1-2H3;1H. The van der Waals surface area contributed by atoms with E-state index in [9.17, 15) is 4.79 Å². The lowest BCUT2D eigenvalue weighted by atomic mass is 10.1. The highest BCUT2D eigenvalue weighted by atomic mass is 35.5. The molecule has 1 atom stereocenters. The summed E-state index contributed by atoms with van der Waals surface area (Å²) in [4.78, 5) is 14.8. The van der Waals surface area contributed by atoms with Crippen molar-refractivity contribution in [3.63, 3.8) is 0 Å². The molecule has 6 nitrogen and oxygen atoms in total. The summed E-state index contributed by atoms with van der Waals surface area (Å²) in [6.45, 7) is 5.76. The van der Waals surface area contributed by atoms with Gasteiger partial charge in [-0.15, -0.1) is 12.4 Å². The van der Waals surface area contributed by atoms with Crippen molar-refractivity contribution in [1.29, 1.82) is 0 Å². The summed E-state index contributed by atoms with van der Waals surface area (Å²) >= 11 is 0. The van der Waals surface area contributed by atoms with Gasteiger partial charge in [-0.05, 0) is 63.2 Å². The van der Waals surface area contributed by atoms with Gasteiger partial charge in [-0.2, -0.15) is 0 Å². The molecule has 1 heterocycles. The minimum atomic E-state index is 0. The molecule has 0 aliphatic carbocycles. The van der Waals surface area contributed by atoms with E-state index in [2.05, 4.69) is 5.32 Å². The molecular formula is C23H31ClN2O4. The largest absolute Gasteiger partial charge is 0.490 e. The van der Waals surface area contributed by atoms with Gasteiger partial charge in [0.25, 0.3) is 5.91 Å². The van der Waals surface area contributed by atoms with Gasteiger partial charge in [-0.3, -0.25) is 4.79 Å². The normalized spacial score (nSPS) is 15.4. The Hall–Kier alpha value is -2.44. The third-order valence-electron chi connectivity index (χ3n) is 4.91. The summed E-state index contributed by atoms with van der Waals surface area (Å²) in [7, 11) is 1.95. The molecule has 2 aromatic carbocycles. The number of benzene rings is 2. The van der Waals surface area contributed by atoms with E-state index in [1.807, 2.05) is 61.3 Å². The Labute approximate surface area is 184 Å². The molecule has 1 N–H and O–H groups in total. The molecule has 1 saturated heterocycles. The van der Waals surface area contributed by atoms with E-state index in [1.165, 1.54) is 0 Å². The quantitative estimate of drug-likeness (QED) is 0.578. The van der Waals surface area contributed by atoms with Gasteiger partial charge >= 0.3 is 0 Å². The molecular weight excluding hydrogens is 404 g/mol. The van der Waals surface area contributed by atoms with E-state index in [4.69, 9.17) is 14.2 Å². The SMILES string of the molecule is CCOc1cc(C(=O)N2CCC(CNC)C2)ccc1OCCOc1ccccc1.Cl. The van der Waals surface area contributed by atoms with Crippen LogP contribution in [-0.2, 0) is 0 Å². The van der Waals surface area contributed by atoms with Gasteiger partial charge in [0.1, 0.15) is 19.0 Å². The highest BCUT2D eigenvalue weighted by molar-refractivity contribution is 5.95. The summed E-state index contributed by atoms with van der Waals surface area (Å²) in [6.07, 6.45) is 1.04. The molecule has 7 heteroatoms. The van der Waals surface area contributed by atoms with Gasteiger partial charge in [0.15, 0.2) is 11.5 Å². The van der Waals surface area contributed by atoms with Gasteiger partial charge in [0.05, 0.1) is 6.61 Å². The van der Waals surface area contributed by atoms with Crippen LogP contribution >= 0.6 is 12.4 Å². The predicted octanol–water partition coefficient (Wildman–Crippen LogP) is 3.65. The van der Waals surface area contributed by atoms with Crippen LogP contribution in [0, 0.1) is 5.92 Å². The van der Waals surface area contributed by atoms with Crippen LogP contribution in [0.3, 0.4) is 0 Å². The lowest BCUT2D eigenvalue weighted by molar-refractivity contribution is 0.0786.